The molecule has 0 aromatic carbocycles. The third-order valence-corrected chi connectivity index (χ3v) is 1.07. The highest BCUT2D eigenvalue weighted by atomic mass is 127. The van der Waals surface area contributed by atoms with Gasteiger partial charge in [0.05, 0.1) is 0 Å². The van der Waals surface area contributed by atoms with Crippen LogP contribution >= 0.6 is 22.6 Å². The molecule has 0 bridgehead atoms. The molecule has 0 unspecified atom stereocenters. The summed E-state index contributed by atoms with van der Waals surface area (Å²) in [4.78, 5) is 10.3. The highest BCUT2D eigenvalue weighted by Gasteiger charge is 1.93. The van der Waals surface area contributed by atoms with E-state index in [2.05, 4.69) is 22.6 Å². The van der Waals surface area contributed by atoms with Gasteiger partial charge in [-0.05, 0) is 0 Å². The molecule has 0 aromatic heterocycles. The first kappa shape index (κ1) is 8.20. The number of carbonyl (C=O) groups excluding carboxylic acids is 1. The molecule has 0 aromatic rings. The highest BCUT2D eigenvalue weighted by molar-refractivity contribution is 14.1. The molecule has 0 aliphatic carbocycles. The Morgan fingerprint density at radius 1 is 1.75 bits per heavy atom. The van der Waals surface area contributed by atoms with Crippen LogP contribution in [0.2, 0.25) is 0 Å². The van der Waals surface area contributed by atoms with Gasteiger partial charge in [-0.3, -0.25) is 4.79 Å². The molecular weight excluding hydrogens is 219 g/mol. The van der Waals surface area contributed by atoms with E-state index in [0.717, 1.165) is 4.43 Å². The third-order valence-electron chi connectivity index (χ3n) is 0.629. The van der Waals surface area contributed by atoms with Gasteiger partial charge in [-0.25, -0.2) is 0 Å². The molecule has 0 N–H and O–H groups in total. The second-order valence-corrected chi connectivity index (χ2v) is 2.34. The van der Waals surface area contributed by atoms with Crippen molar-refractivity contribution in [3.8, 4) is 0 Å². The summed E-state index contributed by atoms with van der Waals surface area (Å²) >= 11 is 2.16. The van der Waals surface area contributed by atoms with Crippen molar-refractivity contribution in [1.82, 2.24) is 0 Å². The van der Waals surface area contributed by atoms with Crippen LogP contribution in [0.1, 0.15) is 13.3 Å². The maximum absolute atomic E-state index is 10.3. The lowest BCUT2D eigenvalue weighted by molar-refractivity contribution is -0.142. The average molecular weight is 228 g/mol. The summed E-state index contributed by atoms with van der Waals surface area (Å²) in [6.45, 7) is 2.34. The molecular formula is C5H9IO2. The standard InChI is InChI=1S/C5H9IO2/c1-2-5(7)8-4-3-6/h2-4H2,1H3. The normalized spacial score (nSPS) is 8.75. The average Bonchev–Trinajstić information content (AvgIpc) is 1.83. The Kier molecular flexibility index (Phi) is 5.47. The first-order valence-electron chi connectivity index (χ1n) is 2.52. The topological polar surface area (TPSA) is 26.3 Å². The Balaban J connectivity index is 2.99. The zero-order chi connectivity index (χ0) is 6.41. The van der Waals surface area contributed by atoms with E-state index in [1.54, 1.807) is 6.92 Å². The van der Waals surface area contributed by atoms with Crippen LogP contribution in [0, 0.1) is 0 Å². The van der Waals surface area contributed by atoms with Crippen molar-refractivity contribution in [2.45, 2.75) is 13.3 Å². The maximum Gasteiger partial charge on any atom is 0.305 e. The molecule has 0 fully saturated rings. The van der Waals surface area contributed by atoms with Crippen LogP contribution in [-0.4, -0.2) is 17.0 Å². The fourth-order valence-electron chi connectivity index (χ4n) is 0.254. The van der Waals surface area contributed by atoms with Crippen LogP contribution in [-0.2, 0) is 9.53 Å². The van der Waals surface area contributed by atoms with Crippen LogP contribution < -0.4 is 0 Å². The summed E-state index contributed by atoms with van der Waals surface area (Å²) in [5, 5.41) is 0. The van der Waals surface area contributed by atoms with Crippen molar-refractivity contribution in [1.29, 1.82) is 0 Å². The molecule has 2 nitrogen and oxygen atoms in total. The fraction of sp³-hybridized carbons (Fsp3) is 0.800. The van der Waals surface area contributed by atoms with Crippen LogP contribution in [0.4, 0.5) is 0 Å². The molecule has 0 heterocycles. The third kappa shape index (κ3) is 4.36. The number of rotatable bonds is 3. The molecule has 0 saturated heterocycles. The summed E-state index contributed by atoms with van der Waals surface area (Å²) in [6, 6.07) is 0. The summed E-state index contributed by atoms with van der Waals surface area (Å²) < 4.78 is 5.57. The molecule has 0 atom stereocenters. The van der Waals surface area contributed by atoms with E-state index in [1.807, 2.05) is 0 Å². The van der Waals surface area contributed by atoms with Crippen LogP contribution in [0.25, 0.3) is 0 Å². The molecule has 48 valence electrons. The number of esters is 1. The molecule has 0 saturated carbocycles. The first-order valence-corrected chi connectivity index (χ1v) is 4.05. The van der Waals surface area contributed by atoms with E-state index >= 15 is 0 Å². The Morgan fingerprint density at radius 3 is 2.75 bits per heavy atom. The largest absolute Gasteiger partial charge is 0.465 e. The number of hydrogen-bond donors (Lipinski definition) is 0. The van der Waals surface area contributed by atoms with Gasteiger partial charge in [0.25, 0.3) is 0 Å². The van der Waals surface area contributed by atoms with Gasteiger partial charge < -0.3 is 4.74 Å². The minimum absolute atomic E-state index is 0.110. The quantitative estimate of drug-likeness (QED) is 0.414. The van der Waals surface area contributed by atoms with E-state index < -0.39 is 0 Å². The summed E-state index contributed by atoms with van der Waals surface area (Å²) in [7, 11) is 0. The Morgan fingerprint density at radius 2 is 2.38 bits per heavy atom. The SMILES string of the molecule is CCC(=O)OCCI. The predicted octanol–water partition coefficient (Wildman–Crippen LogP) is 1.37. The lowest BCUT2D eigenvalue weighted by Crippen LogP contribution is -2.03. The van der Waals surface area contributed by atoms with Gasteiger partial charge in [-0.2, -0.15) is 0 Å². The minimum atomic E-state index is -0.110. The molecule has 0 aliphatic rings. The lowest BCUT2D eigenvalue weighted by Gasteiger charge is -1.96. The maximum atomic E-state index is 10.3. The van der Waals surface area contributed by atoms with Gasteiger partial charge in [-0.1, -0.05) is 29.5 Å². The molecule has 0 amide bonds. The molecule has 8 heavy (non-hydrogen) atoms. The van der Waals surface area contributed by atoms with Crippen molar-refractivity contribution in [3.63, 3.8) is 0 Å². The zero-order valence-electron chi connectivity index (χ0n) is 4.82. The molecule has 0 aliphatic heterocycles. The van der Waals surface area contributed by atoms with Gasteiger partial charge in [0, 0.05) is 10.8 Å². The summed E-state index contributed by atoms with van der Waals surface area (Å²) in [6.07, 6.45) is 0.483. The van der Waals surface area contributed by atoms with Crippen molar-refractivity contribution in [3.05, 3.63) is 0 Å². The van der Waals surface area contributed by atoms with Gasteiger partial charge in [0.15, 0.2) is 0 Å². The van der Waals surface area contributed by atoms with E-state index in [4.69, 9.17) is 4.74 Å². The van der Waals surface area contributed by atoms with E-state index in [1.165, 1.54) is 0 Å². The summed E-state index contributed by atoms with van der Waals surface area (Å²) in [5.74, 6) is -0.110. The molecule has 0 radical (unpaired) electrons. The monoisotopic (exact) mass is 228 g/mol. The number of hydrogen-bond acceptors (Lipinski definition) is 2. The van der Waals surface area contributed by atoms with Crippen molar-refractivity contribution in [2.75, 3.05) is 11.0 Å². The van der Waals surface area contributed by atoms with Crippen LogP contribution in [0.5, 0.6) is 0 Å². The predicted molar refractivity (Wildman–Crippen MR) is 40.1 cm³/mol. The minimum Gasteiger partial charge on any atom is -0.465 e. The van der Waals surface area contributed by atoms with Gasteiger partial charge >= 0.3 is 5.97 Å². The lowest BCUT2D eigenvalue weighted by atomic mass is 10.5. The Bertz CT molecular complexity index is 72.8. The van der Waals surface area contributed by atoms with E-state index in [-0.39, 0.29) is 5.97 Å². The summed E-state index contributed by atoms with van der Waals surface area (Å²) in [5.41, 5.74) is 0. The van der Waals surface area contributed by atoms with E-state index in [0.29, 0.717) is 13.0 Å². The number of ether oxygens (including phenoxy) is 1. The number of carbonyl (C=O) groups is 1. The highest BCUT2D eigenvalue weighted by Crippen LogP contribution is 1.86. The molecule has 0 spiro atoms. The van der Waals surface area contributed by atoms with Gasteiger partial charge in [0.2, 0.25) is 0 Å². The Labute approximate surface area is 62.7 Å². The van der Waals surface area contributed by atoms with Crippen LogP contribution in [0.3, 0.4) is 0 Å². The van der Waals surface area contributed by atoms with Gasteiger partial charge in [-0.15, -0.1) is 0 Å². The van der Waals surface area contributed by atoms with Crippen molar-refractivity contribution < 1.29 is 9.53 Å². The molecule has 3 heteroatoms. The van der Waals surface area contributed by atoms with Crippen LogP contribution in [0.15, 0.2) is 0 Å². The number of alkyl halides is 1. The van der Waals surface area contributed by atoms with Crippen molar-refractivity contribution >= 4 is 28.6 Å². The number of halogens is 1. The second-order valence-electron chi connectivity index (χ2n) is 1.26. The fourth-order valence-corrected chi connectivity index (χ4v) is 0.475. The van der Waals surface area contributed by atoms with Crippen molar-refractivity contribution in [2.24, 2.45) is 0 Å². The zero-order valence-corrected chi connectivity index (χ0v) is 6.97. The molecule has 0 rings (SSSR count). The second kappa shape index (κ2) is 5.34. The smallest absolute Gasteiger partial charge is 0.305 e. The van der Waals surface area contributed by atoms with Gasteiger partial charge in [0.1, 0.15) is 6.61 Å². The Hall–Kier alpha value is 0.200. The first-order chi connectivity index (χ1) is 3.81. The van der Waals surface area contributed by atoms with E-state index in [9.17, 15) is 4.79 Å².